The summed E-state index contributed by atoms with van der Waals surface area (Å²) in [7, 11) is 3.92. The monoisotopic (exact) mass is 256 g/mol. The highest BCUT2D eigenvalue weighted by atomic mass is 15.2. The van der Waals surface area contributed by atoms with E-state index in [-0.39, 0.29) is 0 Å². The molecule has 0 saturated heterocycles. The molecule has 1 aromatic heterocycles. The van der Waals surface area contributed by atoms with Crippen molar-refractivity contribution in [2.75, 3.05) is 24.3 Å². The van der Waals surface area contributed by atoms with Gasteiger partial charge in [-0.2, -0.15) is 0 Å². The highest BCUT2D eigenvalue weighted by Crippen LogP contribution is 2.28. The van der Waals surface area contributed by atoms with E-state index in [0.717, 1.165) is 29.3 Å². The molecule has 1 aromatic carbocycles. The van der Waals surface area contributed by atoms with Gasteiger partial charge in [0.1, 0.15) is 18.0 Å². The van der Waals surface area contributed by atoms with Crippen LogP contribution in [0.3, 0.4) is 0 Å². The summed E-state index contributed by atoms with van der Waals surface area (Å²) in [5.74, 6) is 1.85. The minimum atomic E-state index is 0.891. The van der Waals surface area contributed by atoms with Crippen LogP contribution in [0.2, 0.25) is 0 Å². The summed E-state index contributed by atoms with van der Waals surface area (Å²) in [6.07, 6.45) is 2.50. The van der Waals surface area contributed by atoms with E-state index < -0.39 is 0 Å². The van der Waals surface area contributed by atoms with Crippen molar-refractivity contribution >= 4 is 17.3 Å². The molecule has 100 valence electrons. The topological polar surface area (TPSA) is 41.1 Å². The van der Waals surface area contributed by atoms with Gasteiger partial charge in [-0.05, 0) is 31.0 Å². The molecule has 0 aliphatic carbocycles. The standard InChI is InChI=1S/C15H20N4/c1-5-13-14(16-3)17-10-18-15(13)19(4)12-8-6-7-11(2)9-12/h6-10H,5H2,1-4H3,(H,16,17,18). The second-order valence-electron chi connectivity index (χ2n) is 4.53. The van der Waals surface area contributed by atoms with Crippen LogP contribution < -0.4 is 10.2 Å². The van der Waals surface area contributed by atoms with E-state index in [2.05, 4.69) is 58.3 Å². The molecule has 0 saturated carbocycles. The molecule has 1 heterocycles. The summed E-state index contributed by atoms with van der Waals surface area (Å²) in [6, 6.07) is 8.40. The van der Waals surface area contributed by atoms with Gasteiger partial charge in [-0.15, -0.1) is 0 Å². The average Bonchev–Trinajstić information content (AvgIpc) is 2.45. The van der Waals surface area contributed by atoms with Crippen LogP contribution in [0, 0.1) is 6.92 Å². The lowest BCUT2D eigenvalue weighted by Gasteiger charge is -2.22. The Kier molecular flexibility index (Phi) is 4.00. The van der Waals surface area contributed by atoms with Gasteiger partial charge in [0, 0.05) is 25.3 Å². The van der Waals surface area contributed by atoms with E-state index in [1.165, 1.54) is 5.56 Å². The SMILES string of the molecule is CCc1c(NC)ncnc1N(C)c1cccc(C)c1. The van der Waals surface area contributed by atoms with Crippen LogP contribution in [0.4, 0.5) is 17.3 Å². The van der Waals surface area contributed by atoms with Crippen molar-refractivity contribution in [1.82, 2.24) is 9.97 Å². The molecule has 2 aromatic rings. The number of hydrogen-bond donors (Lipinski definition) is 1. The molecule has 0 fully saturated rings. The zero-order valence-corrected chi connectivity index (χ0v) is 11.9. The molecule has 4 heteroatoms. The molecule has 0 bridgehead atoms. The Hall–Kier alpha value is -2.10. The van der Waals surface area contributed by atoms with Crippen molar-refractivity contribution < 1.29 is 0 Å². The van der Waals surface area contributed by atoms with Gasteiger partial charge >= 0.3 is 0 Å². The van der Waals surface area contributed by atoms with Crippen LogP contribution in [0.5, 0.6) is 0 Å². The Morgan fingerprint density at radius 3 is 2.68 bits per heavy atom. The number of aromatic nitrogens is 2. The van der Waals surface area contributed by atoms with E-state index >= 15 is 0 Å². The van der Waals surface area contributed by atoms with Crippen LogP contribution in [-0.4, -0.2) is 24.1 Å². The molecule has 1 N–H and O–H groups in total. The third-order valence-electron chi connectivity index (χ3n) is 3.22. The third-order valence-corrected chi connectivity index (χ3v) is 3.22. The maximum absolute atomic E-state index is 4.44. The van der Waals surface area contributed by atoms with E-state index in [0.29, 0.717) is 0 Å². The first-order chi connectivity index (χ1) is 9.17. The molecule has 2 rings (SSSR count). The molecule has 0 spiro atoms. The first kappa shape index (κ1) is 13.3. The van der Waals surface area contributed by atoms with Gasteiger partial charge in [0.15, 0.2) is 0 Å². The molecule has 4 nitrogen and oxygen atoms in total. The lowest BCUT2D eigenvalue weighted by Crippen LogP contribution is -2.15. The van der Waals surface area contributed by atoms with Gasteiger partial charge in [-0.3, -0.25) is 0 Å². The van der Waals surface area contributed by atoms with Gasteiger partial charge in [0.25, 0.3) is 0 Å². The van der Waals surface area contributed by atoms with Crippen molar-refractivity contribution in [3.8, 4) is 0 Å². The Bertz CT molecular complexity index is 566. The highest BCUT2D eigenvalue weighted by molar-refractivity contribution is 5.67. The van der Waals surface area contributed by atoms with E-state index in [4.69, 9.17) is 0 Å². The number of anilines is 3. The number of rotatable bonds is 4. The van der Waals surface area contributed by atoms with Crippen molar-refractivity contribution in [2.45, 2.75) is 20.3 Å². The number of nitrogens with one attached hydrogen (secondary N) is 1. The summed E-state index contributed by atoms with van der Waals surface area (Å²) in [6.45, 7) is 4.21. The van der Waals surface area contributed by atoms with Crippen LogP contribution in [0.25, 0.3) is 0 Å². The number of aryl methyl sites for hydroxylation is 1. The number of hydrogen-bond acceptors (Lipinski definition) is 4. The normalized spacial score (nSPS) is 10.3. The van der Waals surface area contributed by atoms with Gasteiger partial charge in [-0.1, -0.05) is 19.1 Å². The quantitative estimate of drug-likeness (QED) is 0.912. The van der Waals surface area contributed by atoms with Crippen LogP contribution in [0.1, 0.15) is 18.1 Å². The van der Waals surface area contributed by atoms with Gasteiger partial charge in [0.2, 0.25) is 0 Å². The Morgan fingerprint density at radius 2 is 2.05 bits per heavy atom. The molecule has 0 aliphatic rings. The molecule has 0 radical (unpaired) electrons. The lowest BCUT2D eigenvalue weighted by atomic mass is 10.1. The van der Waals surface area contributed by atoms with Crippen molar-refractivity contribution in [3.05, 3.63) is 41.7 Å². The smallest absolute Gasteiger partial charge is 0.141 e. The largest absolute Gasteiger partial charge is 0.373 e. The van der Waals surface area contributed by atoms with Gasteiger partial charge in [0.05, 0.1) is 0 Å². The fourth-order valence-electron chi connectivity index (χ4n) is 2.19. The second-order valence-corrected chi connectivity index (χ2v) is 4.53. The maximum Gasteiger partial charge on any atom is 0.141 e. The minimum Gasteiger partial charge on any atom is -0.373 e. The van der Waals surface area contributed by atoms with Crippen molar-refractivity contribution in [2.24, 2.45) is 0 Å². The van der Waals surface area contributed by atoms with Crippen LogP contribution in [-0.2, 0) is 6.42 Å². The Balaban J connectivity index is 2.46. The van der Waals surface area contributed by atoms with Crippen LogP contribution in [0.15, 0.2) is 30.6 Å². The highest BCUT2D eigenvalue weighted by Gasteiger charge is 2.13. The molecular formula is C15H20N4. The molecule has 0 unspecified atom stereocenters. The predicted octanol–water partition coefficient (Wildman–Crippen LogP) is 3.16. The predicted molar refractivity (Wildman–Crippen MR) is 80.2 cm³/mol. The first-order valence-corrected chi connectivity index (χ1v) is 6.49. The summed E-state index contributed by atoms with van der Waals surface area (Å²) >= 11 is 0. The average molecular weight is 256 g/mol. The zero-order chi connectivity index (χ0) is 13.8. The maximum atomic E-state index is 4.44. The molecular weight excluding hydrogens is 236 g/mol. The number of nitrogens with zero attached hydrogens (tertiary/aromatic N) is 3. The fraction of sp³-hybridized carbons (Fsp3) is 0.333. The molecule has 0 atom stereocenters. The van der Waals surface area contributed by atoms with Crippen molar-refractivity contribution in [1.29, 1.82) is 0 Å². The zero-order valence-electron chi connectivity index (χ0n) is 11.9. The first-order valence-electron chi connectivity index (χ1n) is 6.49. The molecule has 0 amide bonds. The minimum absolute atomic E-state index is 0.891. The van der Waals surface area contributed by atoms with E-state index in [1.807, 2.05) is 14.1 Å². The van der Waals surface area contributed by atoms with Gasteiger partial charge in [-0.25, -0.2) is 9.97 Å². The Morgan fingerprint density at radius 1 is 1.26 bits per heavy atom. The Labute approximate surface area is 114 Å². The third kappa shape index (κ3) is 2.67. The lowest BCUT2D eigenvalue weighted by molar-refractivity contribution is 1.000. The molecule has 19 heavy (non-hydrogen) atoms. The van der Waals surface area contributed by atoms with Gasteiger partial charge < -0.3 is 10.2 Å². The number of benzene rings is 1. The second kappa shape index (κ2) is 5.69. The molecule has 0 aliphatic heterocycles. The fourth-order valence-corrected chi connectivity index (χ4v) is 2.19. The summed E-state index contributed by atoms with van der Waals surface area (Å²) in [5.41, 5.74) is 3.51. The van der Waals surface area contributed by atoms with Crippen molar-refractivity contribution in [3.63, 3.8) is 0 Å². The summed E-state index contributed by atoms with van der Waals surface area (Å²) < 4.78 is 0. The summed E-state index contributed by atoms with van der Waals surface area (Å²) in [5, 5.41) is 3.13. The van der Waals surface area contributed by atoms with E-state index in [9.17, 15) is 0 Å². The van der Waals surface area contributed by atoms with E-state index in [1.54, 1.807) is 6.33 Å². The van der Waals surface area contributed by atoms with Crippen LogP contribution >= 0.6 is 0 Å². The summed E-state index contributed by atoms with van der Waals surface area (Å²) in [4.78, 5) is 10.8.